The lowest BCUT2D eigenvalue weighted by molar-refractivity contribution is -0.608. The lowest BCUT2D eigenvalue weighted by atomic mass is 10.2. The Morgan fingerprint density at radius 3 is 2.22 bits per heavy atom. The number of allylic oxidation sites excluding steroid dienone is 10. The maximum Gasteiger partial charge on any atom is 0.319 e. The van der Waals surface area contributed by atoms with Crippen molar-refractivity contribution in [1.82, 2.24) is 15.2 Å². The third-order valence-corrected chi connectivity index (χ3v) is 5.96. The van der Waals surface area contributed by atoms with Gasteiger partial charge in [0.05, 0.1) is 0 Å². The summed E-state index contributed by atoms with van der Waals surface area (Å²) in [5.41, 5.74) is 0.515. The summed E-state index contributed by atoms with van der Waals surface area (Å²) in [6.07, 6.45) is 32.1. The van der Waals surface area contributed by atoms with Crippen LogP contribution in [0.2, 0.25) is 0 Å². The molecule has 1 atom stereocenters. The minimum atomic E-state index is -0.458. The number of aryl methyl sites for hydroxylation is 1. The first-order chi connectivity index (χ1) is 18.0. The van der Waals surface area contributed by atoms with E-state index in [9.17, 15) is 14.8 Å². The van der Waals surface area contributed by atoms with Crippen LogP contribution in [0.4, 0.5) is 0 Å². The van der Waals surface area contributed by atoms with Crippen LogP contribution in [0, 0.1) is 12.1 Å². The Balaban J connectivity index is 1.53. The highest BCUT2D eigenvalue weighted by Crippen LogP contribution is 2.13. The highest BCUT2D eigenvalue weighted by atomic mass is 16.5. The zero-order valence-electron chi connectivity index (χ0n) is 22.4. The standard InChI is InChI=1S/C30H42N4O3/c1-3-4-5-6-7-8-9-10-11-12-13-14-15-16-17-18-19-20-29(35)33-22-21-27(25-33)32-30(36)28-23-31-26(2)24-34(28)37/h4-5,7-8,10-11,13-14,16-17,23-24,27H,3,6,9,12,15,18-22,25H2,1-2H3,(H,32,36)/b5-4-,8-7-,11-10-,14-13-,17-16-/t27-/m0/s1. The Bertz CT molecular complexity index is 995. The van der Waals surface area contributed by atoms with Crippen LogP contribution in [0.3, 0.4) is 0 Å². The van der Waals surface area contributed by atoms with Gasteiger partial charge in [-0.2, -0.15) is 4.73 Å². The number of carbonyl (C=O) groups excluding carboxylic acids is 2. The Morgan fingerprint density at radius 1 is 1.03 bits per heavy atom. The average Bonchev–Trinajstić information content (AvgIpc) is 3.34. The summed E-state index contributed by atoms with van der Waals surface area (Å²) in [6.45, 7) is 4.93. The third-order valence-electron chi connectivity index (χ3n) is 5.96. The van der Waals surface area contributed by atoms with E-state index in [-0.39, 0.29) is 17.6 Å². The number of aromatic nitrogens is 2. The minimum absolute atomic E-state index is 0.0348. The van der Waals surface area contributed by atoms with Crippen molar-refractivity contribution in [2.45, 2.75) is 77.7 Å². The minimum Gasteiger partial charge on any atom is -0.618 e. The first-order valence-electron chi connectivity index (χ1n) is 13.4. The molecule has 1 aliphatic heterocycles. The van der Waals surface area contributed by atoms with Crippen molar-refractivity contribution in [2.75, 3.05) is 13.1 Å². The van der Waals surface area contributed by atoms with Gasteiger partial charge in [-0.05, 0) is 58.3 Å². The predicted octanol–water partition coefficient (Wildman–Crippen LogP) is 5.28. The molecule has 1 saturated heterocycles. The topological polar surface area (TPSA) is 89.2 Å². The SMILES string of the molecule is CC/C=C\C/C=C\C/C=C\C/C=C\C/C=C\CCCC(=O)N1CC[C@H](NC(=O)c2cnc(C)c[n+]2[O-])C1. The fourth-order valence-electron chi connectivity index (χ4n) is 3.91. The highest BCUT2D eigenvalue weighted by Gasteiger charge is 2.29. The predicted molar refractivity (Wildman–Crippen MR) is 149 cm³/mol. The summed E-state index contributed by atoms with van der Waals surface area (Å²) < 4.78 is 0.532. The van der Waals surface area contributed by atoms with Crippen molar-refractivity contribution in [1.29, 1.82) is 0 Å². The Labute approximate surface area is 221 Å². The molecule has 200 valence electrons. The molecule has 37 heavy (non-hydrogen) atoms. The van der Waals surface area contributed by atoms with Crippen molar-refractivity contribution in [3.8, 4) is 0 Å². The summed E-state index contributed by atoms with van der Waals surface area (Å²) in [4.78, 5) is 30.7. The molecule has 2 heterocycles. The molecule has 1 N–H and O–H groups in total. The second kappa shape index (κ2) is 17.9. The monoisotopic (exact) mass is 506 g/mol. The lowest BCUT2D eigenvalue weighted by Crippen LogP contribution is -2.44. The van der Waals surface area contributed by atoms with E-state index in [1.165, 1.54) is 12.4 Å². The first kappa shape index (κ1) is 29.7. The van der Waals surface area contributed by atoms with Crippen molar-refractivity contribution < 1.29 is 14.3 Å². The van der Waals surface area contributed by atoms with Crippen LogP contribution in [-0.2, 0) is 4.79 Å². The van der Waals surface area contributed by atoms with E-state index in [4.69, 9.17) is 0 Å². The second-order valence-electron chi connectivity index (χ2n) is 9.14. The Kier molecular flexibility index (Phi) is 14.4. The number of carbonyl (C=O) groups is 2. The van der Waals surface area contributed by atoms with Crippen LogP contribution in [0.5, 0.6) is 0 Å². The number of nitrogens with zero attached hydrogens (tertiary/aromatic N) is 3. The molecular weight excluding hydrogens is 464 g/mol. The van der Waals surface area contributed by atoms with Crippen LogP contribution in [0.1, 0.15) is 80.9 Å². The maximum absolute atomic E-state index is 12.5. The molecule has 1 aromatic heterocycles. The number of rotatable bonds is 15. The first-order valence-corrected chi connectivity index (χ1v) is 13.4. The number of amides is 2. The molecule has 2 amide bonds. The maximum atomic E-state index is 12.5. The number of hydrogen-bond donors (Lipinski definition) is 1. The van der Waals surface area contributed by atoms with Gasteiger partial charge in [0.15, 0.2) is 0 Å². The van der Waals surface area contributed by atoms with Crippen LogP contribution in [0.25, 0.3) is 0 Å². The zero-order chi connectivity index (χ0) is 26.7. The number of likely N-dealkylation sites (tertiary alicyclic amines) is 1. The van der Waals surface area contributed by atoms with Gasteiger partial charge in [-0.25, -0.2) is 4.98 Å². The molecular formula is C30H42N4O3. The fraction of sp³-hybridized carbons (Fsp3) is 0.467. The molecule has 0 aromatic carbocycles. The van der Waals surface area contributed by atoms with Crippen LogP contribution in [-0.4, -0.2) is 40.8 Å². The molecule has 0 aliphatic carbocycles. The number of hydrogen-bond acceptors (Lipinski definition) is 4. The van der Waals surface area contributed by atoms with Gasteiger partial charge in [0.1, 0.15) is 11.9 Å². The third kappa shape index (κ3) is 12.4. The van der Waals surface area contributed by atoms with Crippen molar-refractivity contribution >= 4 is 11.8 Å². The van der Waals surface area contributed by atoms with E-state index in [0.29, 0.717) is 36.4 Å². The van der Waals surface area contributed by atoms with Crippen molar-refractivity contribution in [3.63, 3.8) is 0 Å². The lowest BCUT2D eigenvalue weighted by Gasteiger charge is -2.17. The molecule has 1 aliphatic rings. The van der Waals surface area contributed by atoms with Crippen LogP contribution < -0.4 is 10.0 Å². The smallest absolute Gasteiger partial charge is 0.319 e. The molecule has 0 bridgehead atoms. The van der Waals surface area contributed by atoms with Gasteiger partial charge in [0.25, 0.3) is 5.69 Å². The molecule has 7 nitrogen and oxygen atoms in total. The highest BCUT2D eigenvalue weighted by molar-refractivity contribution is 5.91. The number of nitrogens with one attached hydrogen (secondary N) is 1. The van der Waals surface area contributed by atoms with Gasteiger partial charge < -0.3 is 15.4 Å². The summed E-state index contributed by atoms with van der Waals surface area (Å²) >= 11 is 0. The van der Waals surface area contributed by atoms with Crippen molar-refractivity contribution in [3.05, 3.63) is 89.7 Å². The quantitative estimate of drug-likeness (QED) is 0.152. The fourth-order valence-corrected chi connectivity index (χ4v) is 3.91. The molecule has 0 saturated carbocycles. The van der Waals surface area contributed by atoms with E-state index < -0.39 is 5.91 Å². The van der Waals surface area contributed by atoms with Crippen molar-refractivity contribution in [2.24, 2.45) is 0 Å². The summed E-state index contributed by atoms with van der Waals surface area (Å²) in [5, 5.41) is 14.7. The molecule has 0 unspecified atom stereocenters. The molecule has 1 fully saturated rings. The van der Waals surface area contributed by atoms with Gasteiger partial charge >= 0.3 is 5.91 Å². The van der Waals surface area contributed by atoms with Gasteiger partial charge in [-0.15, -0.1) is 0 Å². The van der Waals surface area contributed by atoms with Crippen LogP contribution in [0.15, 0.2) is 73.2 Å². The Hall–Kier alpha value is -3.48. The van der Waals surface area contributed by atoms with Gasteiger partial charge in [0, 0.05) is 25.6 Å². The largest absolute Gasteiger partial charge is 0.618 e. The van der Waals surface area contributed by atoms with E-state index in [1.54, 1.807) is 11.8 Å². The molecule has 0 radical (unpaired) electrons. The van der Waals surface area contributed by atoms with E-state index in [2.05, 4.69) is 78.0 Å². The van der Waals surface area contributed by atoms with E-state index in [0.717, 1.165) is 44.9 Å². The normalized spacial score (nSPS) is 16.4. The van der Waals surface area contributed by atoms with Gasteiger partial charge in [0.2, 0.25) is 12.1 Å². The molecule has 2 rings (SSSR count). The average molecular weight is 507 g/mol. The van der Waals surface area contributed by atoms with E-state index in [1.807, 2.05) is 0 Å². The summed E-state index contributed by atoms with van der Waals surface area (Å²) in [7, 11) is 0. The second-order valence-corrected chi connectivity index (χ2v) is 9.14. The summed E-state index contributed by atoms with van der Waals surface area (Å²) in [5.74, 6) is -0.347. The summed E-state index contributed by atoms with van der Waals surface area (Å²) in [6, 6.07) is -0.149. The molecule has 7 heteroatoms. The Morgan fingerprint density at radius 2 is 1.62 bits per heavy atom. The number of unbranched alkanes of at least 4 members (excludes halogenated alkanes) is 1. The zero-order valence-corrected chi connectivity index (χ0v) is 22.4. The van der Waals surface area contributed by atoms with Crippen LogP contribution >= 0.6 is 0 Å². The van der Waals surface area contributed by atoms with Gasteiger partial charge in [-0.1, -0.05) is 67.7 Å². The molecule has 1 aromatic rings. The van der Waals surface area contributed by atoms with Gasteiger partial charge in [-0.3, -0.25) is 9.59 Å². The van der Waals surface area contributed by atoms with E-state index >= 15 is 0 Å². The molecule has 0 spiro atoms.